The summed E-state index contributed by atoms with van der Waals surface area (Å²) in [5.74, 6) is 5.79. The second-order valence-corrected chi connectivity index (χ2v) is 17.2. The number of ether oxygens (including phenoxy) is 2. The van der Waals surface area contributed by atoms with E-state index in [1.54, 1.807) is 0 Å². The standard InChI is InChI=1S/C39H66N2O2/c1-7-11-29-19-33(21-31-23-40(25-42-37(29)31)35-15-9-13-27(3)17-35)39(5,6)34-20-30(12-8-2)38-32(22-34)24-41(26-43-38)36-16-10-14-28(4)18-36/h7-8,27-38H,1-2,9-26H2,3-6H3. The van der Waals surface area contributed by atoms with Gasteiger partial charge in [0.1, 0.15) is 0 Å². The van der Waals surface area contributed by atoms with Crippen molar-refractivity contribution < 1.29 is 9.47 Å². The average Bonchev–Trinajstić information content (AvgIpc) is 3.00. The zero-order valence-electron chi connectivity index (χ0n) is 28.4. The van der Waals surface area contributed by atoms with Gasteiger partial charge in [-0.3, -0.25) is 9.80 Å². The Hall–Kier alpha value is -0.680. The molecule has 12 atom stereocenters. The smallest absolute Gasteiger partial charge is 0.0996 e. The normalized spacial score (nSPS) is 45.1. The fourth-order valence-corrected chi connectivity index (χ4v) is 11.3. The van der Waals surface area contributed by atoms with Crippen LogP contribution in [0.25, 0.3) is 0 Å². The van der Waals surface area contributed by atoms with E-state index in [1.807, 2.05) is 0 Å². The highest BCUT2D eigenvalue weighted by molar-refractivity contribution is 5.03. The molecule has 6 aliphatic rings. The van der Waals surface area contributed by atoms with Crippen LogP contribution in [-0.4, -0.2) is 60.6 Å². The Balaban J connectivity index is 1.17. The summed E-state index contributed by atoms with van der Waals surface area (Å²) in [5, 5.41) is 0. The second-order valence-electron chi connectivity index (χ2n) is 17.2. The van der Waals surface area contributed by atoms with Crippen LogP contribution in [0.2, 0.25) is 0 Å². The van der Waals surface area contributed by atoms with Crippen LogP contribution in [-0.2, 0) is 9.47 Å². The van der Waals surface area contributed by atoms with E-state index in [4.69, 9.17) is 9.47 Å². The van der Waals surface area contributed by atoms with Gasteiger partial charge in [-0.05, 0) is 117 Å². The van der Waals surface area contributed by atoms with Crippen molar-refractivity contribution in [3.8, 4) is 0 Å². The molecule has 0 aromatic rings. The molecule has 0 bridgehead atoms. The van der Waals surface area contributed by atoms with Crippen LogP contribution in [0.3, 0.4) is 0 Å². The van der Waals surface area contributed by atoms with E-state index in [9.17, 15) is 0 Å². The van der Waals surface area contributed by atoms with Gasteiger partial charge in [0, 0.05) is 25.2 Å². The predicted molar refractivity (Wildman–Crippen MR) is 179 cm³/mol. The van der Waals surface area contributed by atoms with Gasteiger partial charge in [-0.2, -0.15) is 0 Å². The van der Waals surface area contributed by atoms with Crippen LogP contribution >= 0.6 is 0 Å². The first-order valence-corrected chi connectivity index (χ1v) is 18.7. The zero-order valence-corrected chi connectivity index (χ0v) is 28.4. The van der Waals surface area contributed by atoms with Gasteiger partial charge in [0.05, 0.1) is 25.7 Å². The minimum atomic E-state index is 0.317. The number of rotatable bonds is 8. The Bertz CT molecular complexity index is 862. The van der Waals surface area contributed by atoms with E-state index in [2.05, 4.69) is 62.8 Å². The molecule has 0 spiro atoms. The molecule has 6 fully saturated rings. The molecule has 0 radical (unpaired) electrons. The lowest BCUT2D eigenvalue weighted by Gasteiger charge is -2.56. The number of hydrogen-bond donors (Lipinski definition) is 0. The minimum absolute atomic E-state index is 0.317. The van der Waals surface area contributed by atoms with E-state index < -0.39 is 0 Å². The highest BCUT2D eigenvalue weighted by Gasteiger charge is 2.52. The van der Waals surface area contributed by atoms with E-state index in [1.165, 1.54) is 90.1 Å². The molecule has 2 heterocycles. The summed E-state index contributed by atoms with van der Waals surface area (Å²) in [5.41, 5.74) is 0.317. The summed E-state index contributed by atoms with van der Waals surface area (Å²) in [6.45, 7) is 22.8. The molecule has 12 unspecified atom stereocenters. The Labute approximate surface area is 265 Å². The maximum Gasteiger partial charge on any atom is 0.0996 e. The fraction of sp³-hybridized carbons (Fsp3) is 0.897. The predicted octanol–water partition coefficient (Wildman–Crippen LogP) is 8.92. The Morgan fingerprint density at radius 1 is 0.651 bits per heavy atom. The summed E-state index contributed by atoms with van der Waals surface area (Å²) < 4.78 is 13.6. The van der Waals surface area contributed by atoms with Crippen LogP contribution in [0.1, 0.15) is 118 Å². The van der Waals surface area contributed by atoms with Crippen molar-refractivity contribution in [3.63, 3.8) is 0 Å². The van der Waals surface area contributed by atoms with Crippen molar-refractivity contribution in [1.82, 2.24) is 9.80 Å². The third-order valence-corrected chi connectivity index (χ3v) is 13.9. The first kappa shape index (κ1) is 32.3. The summed E-state index contributed by atoms with van der Waals surface area (Å²) in [6, 6.07) is 1.46. The SMILES string of the molecule is C=CCC1CC(C(C)(C)C2CC(CC=C)C3OCN(C4CCCC(C)C4)CC3C2)CC2CN(C3CCCC(C)C3)COC12. The first-order chi connectivity index (χ1) is 20.8. The lowest BCUT2D eigenvalue weighted by Crippen LogP contribution is -2.57. The van der Waals surface area contributed by atoms with Crippen LogP contribution in [0.5, 0.6) is 0 Å². The molecular weight excluding hydrogens is 528 g/mol. The topological polar surface area (TPSA) is 24.9 Å². The molecule has 6 rings (SSSR count). The van der Waals surface area contributed by atoms with Crippen molar-refractivity contribution in [3.05, 3.63) is 25.3 Å². The summed E-state index contributed by atoms with van der Waals surface area (Å²) in [6.07, 6.45) is 23.7. The molecule has 2 saturated heterocycles. The highest BCUT2D eigenvalue weighted by atomic mass is 16.5. The monoisotopic (exact) mass is 595 g/mol. The molecule has 4 aliphatic carbocycles. The van der Waals surface area contributed by atoms with E-state index >= 15 is 0 Å². The van der Waals surface area contributed by atoms with Gasteiger partial charge in [0.15, 0.2) is 0 Å². The number of allylic oxidation sites excluding steroid dienone is 2. The molecule has 244 valence electrons. The van der Waals surface area contributed by atoms with Crippen LogP contribution in [0.4, 0.5) is 0 Å². The average molecular weight is 595 g/mol. The molecule has 0 aromatic heterocycles. The van der Waals surface area contributed by atoms with E-state index in [0.29, 0.717) is 41.3 Å². The minimum Gasteiger partial charge on any atom is -0.362 e. The number of fused-ring (bicyclic) bond motifs is 2. The number of nitrogens with zero attached hydrogens (tertiary/aromatic N) is 2. The summed E-state index contributed by atoms with van der Waals surface area (Å²) in [4.78, 5) is 5.51. The molecule has 4 nitrogen and oxygen atoms in total. The molecule has 4 saturated carbocycles. The van der Waals surface area contributed by atoms with Crippen molar-refractivity contribution in [2.24, 2.45) is 52.8 Å². The van der Waals surface area contributed by atoms with Crippen LogP contribution in [0.15, 0.2) is 25.3 Å². The number of hydrogen-bond acceptors (Lipinski definition) is 4. The van der Waals surface area contributed by atoms with E-state index in [0.717, 1.165) is 62.1 Å². The van der Waals surface area contributed by atoms with Crippen LogP contribution in [0, 0.1) is 52.8 Å². The van der Waals surface area contributed by atoms with Crippen molar-refractivity contribution >= 4 is 0 Å². The Morgan fingerprint density at radius 3 is 1.49 bits per heavy atom. The molecule has 4 heteroatoms. The first-order valence-electron chi connectivity index (χ1n) is 18.7. The lowest BCUT2D eigenvalue weighted by atomic mass is 9.54. The third kappa shape index (κ3) is 7.03. The highest BCUT2D eigenvalue weighted by Crippen LogP contribution is 2.55. The second kappa shape index (κ2) is 14.0. The van der Waals surface area contributed by atoms with Gasteiger partial charge >= 0.3 is 0 Å². The molecular formula is C39H66N2O2. The molecule has 43 heavy (non-hydrogen) atoms. The van der Waals surface area contributed by atoms with Gasteiger partial charge in [0.2, 0.25) is 0 Å². The van der Waals surface area contributed by atoms with Gasteiger partial charge in [0.25, 0.3) is 0 Å². The summed E-state index contributed by atoms with van der Waals surface area (Å²) in [7, 11) is 0. The fourth-order valence-electron chi connectivity index (χ4n) is 11.3. The van der Waals surface area contributed by atoms with Gasteiger partial charge in [-0.15, -0.1) is 13.2 Å². The molecule has 0 N–H and O–H groups in total. The molecule has 0 aromatic carbocycles. The largest absolute Gasteiger partial charge is 0.362 e. The van der Waals surface area contributed by atoms with Crippen molar-refractivity contribution in [2.45, 2.75) is 142 Å². The van der Waals surface area contributed by atoms with Crippen molar-refractivity contribution in [2.75, 3.05) is 26.6 Å². The van der Waals surface area contributed by atoms with Gasteiger partial charge in [-0.1, -0.05) is 65.5 Å². The Kier molecular flexibility index (Phi) is 10.5. The van der Waals surface area contributed by atoms with Crippen LogP contribution < -0.4 is 0 Å². The third-order valence-electron chi connectivity index (χ3n) is 13.9. The molecule has 2 aliphatic heterocycles. The van der Waals surface area contributed by atoms with Gasteiger partial charge in [-0.25, -0.2) is 0 Å². The lowest BCUT2D eigenvalue weighted by molar-refractivity contribution is -0.184. The van der Waals surface area contributed by atoms with Crippen molar-refractivity contribution in [1.29, 1.82) is 0 Å². The zero-order chi connectivity index (χ0) is 30.1. The maximum absolute atomic E-state index is 6.80. The molecule has 0 amide bonds. The summed E-state index contributed by atoms with van der Waals surface area (Å²) >= 11 is 0. The maximum atomic E-state index is 6.80. The quantitative estimate of drug-likeness (QED) is 0.262. The van der Waals surface area contributed by atoms with E-state index in [-0.39, 0.29) is 0 Å². The Morgan fingerprint density at radius 2 is 1.09 bits per heavy atom. The van der Waals surface area contributed by atoms with Gasteiger partial charge < -0.3 is 9.47 Å².